The smallest absolute Gasteiger partial charge is 0.425 e. The van der Waals surface area contributed by atoms with Gasteiger partial charge in [0.1, 0.15) is 11.5 Å². The lowest BCUT2D eigenvalue weighted by molar-refractivity contribution is -0.208. The molecule has 1 aromatic carbocycles. The second kappa shape index (κ2) is 7.75. The lowest BCUT2D eigenvalue weighted by Crippen LogP contribution is -2.46. The molecule has 0 fully saturated rings. The van der Waals surface area contributed by atoms with Gasteiger partial charge in [0, 0.05) is 23.9 Å². The van der Waals surface area contributed by atoms with Crippen molar-refractivity contribution < 1.29 is 27.1 Å². The number of alkyl halides is 3. The summed E-state index contributed by atoms with van der Waals surface area (Å²) in [7, 11) is 0. The van der Waals surface area contributed by atoms with Crippen LogP contribution in [0.3, 0.4) is 0 Å². The number of aryl methyl sites for hydroxylation is 1. The normalized spacial score (nSPS) is 21.6. The van der Waals surface area contributed by atoms with Gasteiger partial charge in [-0.25, -0.2) is 14.4 Å². The van der Waals surface area contributed by atoms with Crippen LogP contribution in [0.2, 0.25) is 5.02 Å². The minimum absolute atomic E-state index is 0.0990. The number of benzene rings is 1. The quantitative estimate of drug-likeness (QED) is 0.690. The van der Waals surface area contributed by atoms with Gasteiger partial charge in [0.05, 0.1) is 10.6 Å². The number of aliphatic imine (C=N–C) groups is 1. The molecule has 0 saturated heterocycles. The number of hydrogen-bond acceptors (Lipinski definition) is 5. The molecule has 0 aliphatic carbocycles. The van der Waals surface area contributed by atoms with Crippen molar-refractivity contribution in [1.82, 2.24) is 4.98 Å². The van der Waals surface area contributed by atoms with E-state index in [1.54, 1.807) is 13.0 Å². The lowest BCUT2D eigenvalue weighted by atomic mass is 9.85. The summed E-state index contributed by atoms with van der Waals surface area (Å²) in [5.41, 5.74) is 4.38. The van der Waals surface area contributed by atoms with Gasteiger partial charge in [0.25, 0.3) is 11.9 Å². The predicted molar refractivity (Wildman–Crippen MR) is 103 cm³/mol. The van der Waals surface area contributed by atoms with Crippen LogP contribution in [-0.2, 0) is 10.3 Å². The van der Waals surface area contributed by atoms with Gasteiger partial charge < -0.3 is 15.8 Å². The lowest BCUT2D eigenvalue weighted by Gasteiger charge is -2.36. The highest BCUT2D eigenvalue weighted by molar-refractivity contribution is 6.30. The van der Waals surface area contributed by atoms with Crippen molar-refractivity contribution in [2.45, 2.75) is 38.1 Å². The van der Waals surface area contributed by atoms with Crippen molar-refractivity contribution in [2.24, 2.45) is 10.7 Å². The highest BCUT2D eigenvalue weighted by Crippen LogP contribution is 2.41. The Kier molecular flexibility index (Phi) is 5.64. The van der Waals surface area contributed by atoms with E-state index in [2.05, 4.69) is 20.0 Å². The summed E-state index contributed by atoms with van der Waals surface area (Å²) in [4.78, 5) is 20.4. The SMILES string of the molecule is Cc1cc(Cl)cnc1C(=O)Nc1ccc(F)c([C@]2(C)C[C@H](C(F)(F)F)OC(N)=N2)c1. The van der Waals surface area contributed by atoms with Gasteiger partial charge >= 0.3 is 6.18 Å². The number of nitrogens with two attached hydrogens (primary N) is 1. The van der Waals surface area contributed by atoms with Crippen molar-refractivity contribution in [3.63, 3.8) is 0 Å². The molecule has 2 aromatic rings. The van der Waals surface area contributed by atoms with Crippen LogP contribution in [0.25, 0.3) is 0 Å². The number of amides is 1. The molecule has 0 unspecified atom stereocenters. The van der Waals surface area contributed by atoms with Crippen molar-refractivity contribution in [2.75, 3.05) is 5.32 Å². The Balaban J connectivity index is 1.93. The molecular weight excluding hydrogens is 428 g/mol. The summed E-state index contributed by atoms with van der Waals surface area (Å²) in [5, 5.41) is 2.91. The molecule has 1 aliphatic heterocycles. The average Bonchev–Trinajstić information content (AvgIpc) is 2.61. The largest absolute Gasteiger partial charge is 0.452 e. The first-order chi connectivity index (χ1) is 13.9. The third kappa shape index (κ3) is 4.48. The third-order valence-corrected chi connectivity index (χ3v) is 4.84. The summed E-state index contributed by atoms with van der Waals surface area (Å²) in [6.45, 7) is 2.96. The van der Waals surface area contributed by atoms with Crippen molar-refractivity contribution >= 4 is 29.2 Å². The number of halogens is 5. The first kappa shape index (κ1) is 21.8. The Labute approximate surface area is 174 Å². The van der Waals surface area contributed by atoms with Gasteiger partial charge in [-0.3, -0.25) is 4.79 Å². The monoisotopic (exact) mass is 444 g/mol. The molecule has 0 saturated carbocycles. The zero-order chi connectivity index (χ0) is 22.3. The fourth-order valence-electron chi connectivity index (χ4n) is 3.20. The van der Waals surface area contributed by atoms with E-state index in [-0.39, 0.29) is 16.9 Å². The molecule has 160 valence electrons. The molecule has 1 amide bonds. The molecule has 2 atom stereocenters. The number of ether oxygens (including phenoxy) is 1. The van der Waals surface area contributed by atoms with Crippen LogP contribution >= 0.6 is 11.6 Å². The number of carbonyl (C=O) groups excluding carboxylic acids is 1. The van der Waals surface area contributed by atoms with E-state index in [1.807, 2.05) is 0 Å². The fraction of sp³-hybridized carbons (Fsp3) is 0.316. The summed E-state index contributed by atoms with van der Waals surface area (Å²) < 4.78 is 58.7. The van der Waals surface area contributed by atoms with Crippen LogP contribution in [0.5, 0.6) is 0 Å². The number of pyridine rings is 1. The Morgan fingerprint density at radius 3 is 2.70 bits per heavy atom. The molecule has 0 spiro atoms. The summed E-state index contributed by atoms with van der Waals surface area (Å²) in [6.07, 6.45) is -6.32. The molecule has 11 heteroatoms. The van der Waals surface area contributed by atoms with Crippen molar-refractivity contribution in [3.8, 4) is 0 Å². The topological polar surface area (TPSA) is 89.6 Å². The van der Waals surface area contributed by atoms with Gasteiger partial charge in [-0.1, -0.05) is 11.6 Å². The Morgan fingerprint density at radius 2 is 2.07 bits per heavy atom. The van der Waals surface area contributed by atoms with E-state index in [0.29, 0.717) is 10.6 Å². The minimum Gasteiger partial charge on any atom is -0.452 e. The van der Waals surface area contributed by atoms with Gasteiger partial charge in [0.2, 0.25) is 0 Å². The molecule has 0 radical (unpaired) electrons. The van der Waals surface area contributed by atoms with Crippen LogP contribution < -0.4 is 11.1 Å². The molecule has 6 nitrogen and oxygen atoms in total. The maximum Gasteiger partial charge on any atom is 0.425 e. The average molecular weight is 445 g/mol. The molecule has 30 heavy (non-hydrogen) atoms. The number of aromatic nitrogens is 1. The van der Waals surface area contributed by atoms with Crippen LogP contribution in [-0.4, -0.2) is 29.2 Å². The molecule has 3 N–H and O–H groups in total. The highest BCUT2D eigenvalue weighted by Gasteiger charge is 2.50. The van der Waals surface area contributed by atoms with Gasteiger partial charge in [-0.05, 0) is 43.7 Å². The van der Waals surface area contributed by atoms with Crippen LogP contribution in [0, 0.1) is 12.7 Å². The van der Waals surface area contributed by atoms with E-state index in [0.717, 1.165) is 6.07 Å². The summed E-state index contributed by atoms with van der Waals surface area (Å²) >= 11 is 5.83. The van der Waals surface area contributed by atoms with Crippen LogP contribution in [0.4, 0.5) is 23.2 Å². The fourth-order valence-corrected chi connectivity index (χ4v) is 3.41. The first-order valence-electron chi connectivity index (χ1n) is 8.71. The van der Waals surface area contributed by atoms with E-state index < -0.39 is 42.0 Å². The first-order valence-corrected chi connectivity index (χ1v) is 9.09. The maximum absolute atomic E-state index is 14.5. The van der Waals surface area contributed by atoms with Gasteiger partial charge in [0.15, 0.2) is 6.10 Å². The number of anilines is 1. The number of hydrogen-bond donors (Lipinski definition) is 2. The summed E-state index contributed by atoms with van der Waals surface area (Å²) in [5.74, 6) is -1.38. The van der Waals surface area contributed by atoms with Crippen molar-refractivity contribution in [3.05, 3.63) is 58.1 Å². The minimum atomic E-state index is -4.71. The molecule has 0 bridgehead atoms. The molecule has 1 aliphatic rings. The zero-order valence-electron chi connectivity index (χ0n) is 15.8. The van der Waals surface area contributed by atoms with E-state index >= 15 is 0 Å². The Morgan fingerprint density at radius 1 is 1.37 bits per heavy atom. The van der Waals surface area contributed by atoms with Crippen molar-refractivity contribution in [1.29, 1.82) is 0 Å². The number of amidine groups is 1. The second-order valence-electron chi connectivity index (χ2n) is 7.04. The highest BCUT2D eigenvalue weighted by atomic mass is 35.5. The van der Waals surface area contributed by atoms with Gasteiger partial charge in [-0.15, -0.1) is 0 Å². The third-order valence-electron chi connectivity index (χ3n) is 4.63. The maximum atomic E-state index is 14.5. The van der Waals surface area contributed by atoms with E-state index in [1.165, 1.54) is 25.3 Å². The van der Waals surface area contributed by atoms with Crippen LogP contribution in [0.1, 0.15) is 35.0 Å². The number of carbonyl (C=O) groups is 1. The molecule has 3 rings (SSSR count). The zero-order valence-corrected chi connectivity index (χ0v) is 16.6. The molecular formula is C19H17ClF4N4O2. The second-order valence-corrected chi connectivity index (χ2v) is 7.48. The Bertz CT molecular complexity index is 1030. The predicted octanol–water partition coefficient (Wildman–Crippen LogP) is 4.32. The van der Waals surface area contributed by atoms with Crippen LogP contribution in [0.15, 0.2) is 35.5 Å². The Hall–Kier alpha value is -2.88. The van der Waals surface area contributed by atoms with Gasteiger partial charge in [-0.2, -0.15) is 13.2 Å². The molecule has 2 heterocycles. The number of nitrogens with zero attached hydrogens (tertiary/aromatic N) is 2. The standard InChI is InChI=1S/C19H17ClF4N4O2/c1-9-5-10(20)8-26-15(9)16(29)27-11-3-4-13(21)12(6-11)18(2)7-14(19(22,23)24)30-17(25)28-18/h3-6,8,14H,7H2,1-2H3,(H2,25,28)(H,27,29)/t14-,18+/m1/s1. The van der Waals surface area contributed by atoms with E-state index in [9.17, 15) is 22.4 Å². The number of rotatable bonds is 3. The molecule has 1 aromatic heterocycles. The summed E-state index contributed by atoms with van der Waals surface area (Å²) in [6, 6.07) is 4.38. The number of nitrogens with one attached hydrogen (secondary N) is 1. The van der Waals surface area contributed by atoms with E-state index in [4.69, 9.17) is 17.3 Å².